The maximum Gasteiger partial charge on any atom is 0.262 e. The van der Waals surface area contributed by atoms with E-state index in [0.29, 0.717) is 36.9 Å². The Balaban J connectivity index is 1.75. The highest BCUT2D eigenvalue weighted by atomic mass is 32.2. The first-order valence-electron chi connectivity index (χ1n) is 10.7. The van der Waals surface area contributed by atoms with Gasteiger partial charge in [-0.05, 0) is 62.1 Å². The number of carbonyl (C=O) groups excluding carboxylic acids is 1. The van der Waals surface area contributed by atoms with Crippen molar-refractivity contribution >= 4 is 21.6 Å². The largest absolute Gasteiger partial charge is 0.492 e. The fraction of sp³-hybridized carbons (Fsp3) is 0.435. The third-order valence-electron chi connectivity index (χ3n) is 5.15. The van der Waals surface area contributed by atoms with Gasteiger partial charge in [0, 0.05) is 13.1 Å². The minimum absolute atomic E-state index is 0.143. The first-order valence-corrected chi connectivity index (χ1v) is 12.2. The molecule has 1 amide bonds. The van der Waals surface area contributed by atoms with E-state index in [4.69, 9.17) is 9.47 Å². The van der Waals surface area contributed by atoms with E-state index in [2.05, 4.69) is 5.32 Å². The Kier molecular flexibility index (Phi) is 7.92. The lowest BCUT2D eigenvalue weighted by atomic mass is 10.2. The quantitative estimate of drug-likeness (QED) is 0.633. The molecule has 7 nitrogen and oxygen atoms in total. The van der Waals surface area contributed by atoms with Crippen molar-refractivity contribution in [3.63, 3.8) is 0 Å². The SMILES string of the molecule is CCOc1ccc(S(=O)(=O)N2CCCCC2)cc1NC(=O)COc1cccc(CC)c1. The third kappa shape index (κ3) is 5.98. The summed E-state index contributed by atoms with van der Waals surface area (Å²) in [5.41, 5.74) is 1.43. The number of benzene rings is 2. The molecule has 1 fully saturated rings. The van der Waals surface area contributed by atoms with Crippen LogP contribution in [0.2, 0.25) is 0 Å². The molecule has 168 valence electrons. The third-order valence-corrected chi connectivity index (χ3v) is 7.05. The Bertz CT molecular complexity index is 1000. The molecule has 1 saturated heterocycles. The summed E-state index contributed by atoms with van der Waals surface area (Å²) < 4.78 is 38.7. The molecule has 0 aromatic heterocycles. The average molecular weight is 447 g/mol. The molecule has 1 aliphatic heterocycles. The van der Waals surface area contributed by atoms with E-state index in [1.165, 1.54) is 16.4 Å². The molecule has 8 heteroatoms. The standard InChI is InChI=1S/C23H30N2O5S/c1-3-18-9-8-10-19(15-18)30-17-23(26)24-21-16-20(11-12-22(21)29-4-2)31(27,28)25-13-6-5-7-14-25/h8-12,15-16H,3-7,13-14,17H2,1-2H3,(H,24,26). The van der Waals surface area contributed by atoms with Gasteiger partial charge in [-0.25, -0.2) is 8.42 Å². The lowest BCUT2D eigenvalue weighted by Crippen LogP contribution is -2.35. The number of anilines is 1. The van der Waals surface area contributed by atoms with Crippen LogP contribution < -0.4 is 14.8 Å². The summed E-state index contributed by atoms with van der Waals surface area (Å²) in [6, 6.07) is 12.1. The van der Waals surface area contributed by atoms with Crippen LogP contribution in [0, 0.1) is 0 Å². The highest BCUT2D eigenvalue weighted by molar-refractivity contribution is 7.89. The number of piperidine rings is 1. The van der Waals surface area contributed by atoms with E-state index < -0.39 is 15.9 Å². The second kappa shape index (κ2) is 10.6. The van der Waals surface area contributed by atoms with Gasteiger partial charge in [-0.2, -0.15) is 4.31 Å². The van der Waals surface area contributed by atoms with Crippen LogP contribution in [-0.2, 0) is 21.2 Å². The predicted molar refractivity (Wildman–Crippen MR) is 120 cm³/mol. The highest BCUT2D eigenvalue weighted by Gasteiger charge is 2.27. The molecule has 0 aliphatic carbocycles. The Morgan fingerprint density at radius 2 is 1.81 bits per heavy atom. The van der Waals surface area contributed by atoms with Crippen molar-refractivity contribution in [1.82, 2.24) is 4.31 Å². The Morgan fingerprint density at radius 3 is 2.52 bits per heavy atom. The zero-order valence-electron chi connectivity index (χ0n) is 18.1. The molecular formula is C23H30N2O5S. The molecular weight excluding hydrogens is 416 g/mol. The van der Waals surface area contributed by atoms with Crippen molar-refractivity contribution in [3.8, 4) is 11.5 Å². The van der Waals surface area contributed by atoms with Gasteiger partial charge in [-0.15, -0.1) is 0 Å². The fourth-order valence-corrected chi connectivity index (χ4v) is 5.04. The first-order chi connectivity index (χ1) is 14.9. The van der Waals surface area contributed by atoms with Crippen molar-refractivity contribution < 1.29 is 22.7 Å². The summed E-state index contributed by atoms with van der Waals surface area (Å²) in [4.78, 5) is 12.7. The highest BCUT2D eigenvalue weighted by Crippen LogP contribution is 2.30. The number of aryl methyl sites for hydroxylation is 1. The van der Waals surface area contributed by atoms with Crippen molar-refractivity contribution in [2.45, 2.75) is 44.4 Å². The molecule has 0 bridgehead atoms. The molecule has 0 atom stereocenters. The molecule has 0 radical (unpaired) electrons. The molecule has 1 heterocycles. The van der Waals surface area contributed by atoms with Gasteiger partial charge in [-0.3, -0.25) is 4.79 Å². The summed E-state index contributed by atoms with van der Waals surface area (Å²) in [6.45, 7) is 5.10. The van der Waals surface area contributed by atoms with Crippen molar-refractivity contribution in [1.29, 1.82) is 0 Å². The molecule has 0 unspecified atom stereocenters. The zero-order valence-corrected chi connectivity index (χ0v) is 18.9. The van der Waals surface area contributed by atoms with Crippen LogP contribution in [0.25, 0.3) is 0 Å². The van der Waals surface area contributed by atoms with Crippen LogP contribution in [0.15, 0.2) is 47.4 Å². The van der Waals surface area contributed by atoms with Crippen LogP contribution in [0.3, 0.4) is 0 Å². The van der Waals surface area contributed by atoms with Crippen LogP contribution in [-0.4, -0.2) is 44.9 Å². The van der Waals surface area contributed by atoms with Crippen LogP contribution >= 0.6 is 0 Å². The van der Waals surface area contributed by atoms with Gasteiger partial charge in [0.1, 0.15) is 11.5 Å². The maximum atomic E-state index is 13.0. The number of ether oxygens (including phenoxy) is 2. The van der Waals surface area contributed by atoms with E-state index in [1.807, 2.05) is 32.0 Å². The van der Waals surface area contributed by atoms with E-state index in [9.17, 15) is 13.2 Å². The second-order valence-electron chi connectivity index (χ2n) is 7.39. The van der Waals surface area contributed by atoms with E-state index in [0.717, 1.165) is 31.2 Å². The molecule has 3 rings (SSSR count). The summed E-state index contributed by atoms with van der Waals surface area (Å²) in [5, 5.41) is 2.74. The summed E-state index contributed by atoms with van der Waals surface area (Å²) >= 11 is 0. The second-order valence-corrected chi connectivity index (χ2v) is 9.33. The monoisotopic (exact) mass is 446 g/mol. The van der Waals surface area contributed by atoms with Crippen LogP contribution in [0.4, 0.5) is 5.69 Å². The maximum absolute atomic E-state index is 13.0. The van der Waals surface area contributed by atoms with E-state index in [1.54, 1.807) is 12.1 Å². The zero-order chi connectivity index (χ0) is 22.3. The molecule has 2 aromatic carbocycles. The number of nitrogens with one attached hydrogen (secondary N) is 1. The van der Waals surface area contributed by atoms with E-state index in [-0.39, 0.29) is 11.5 Å². The lowest BCUT2D eigenvalue weighted by Gasteiger charge is -2.26. The van der Waals surface area contributed by atoms with Gasteiger partial charge in [-0.1, -0.05) is 25.5 Å². The number of nitrogens with zero attached hydrogens (tertiary/aromatic N) is 1. The summed E-state index contributed by atoms with van der Waals surface area (Å²) in [7, 11) is -3.62. The molecule has 1 aliphatic rings. The molecule has 0 spiro atoms. The number of carbonyl (C=O) groups is 1. The van der Waals surface area contributed by atoms with Gasteiger partial charge in [0.25, 0.3) is 5.91 Å². The van der Waals surface area contributed by atoms with Gasteiger partial charge in [0.05, 0.1) is 17.2 Å². The van der Waals surface area contributed by atoms with Gasteiger partial charge < -0.3 is 14.8 Å². The van der Waals surface area contributed by atoms with Gasteiger partial charge in [0.15, 0.2) is 6.61 Å². The van der Waals surface area contributed by atoms with Crippen molar-refractivity contribution in [2.75, 3.05) is 31.6 Å². The topological polar surface area (TPSA) is 84.9 Å². The van der Waals surface area contributed by atoms with Crippen LogP contribution in [0.5, 0.6) is 11.5 Å². The summed E-state index contributed by atoms with van der Waals surface area (Å²) in [5.74, 6) is 0.637. The molecule has 0 saturated carbocycles. The lowest BCUT2D eigenvalue weighted by molar-refractivity contribution is -0.118. The predicted octanol–water partition coefficient (Wildman–Crippen LogP) is 3.84. The Labute approximate surface area is 184 Å². The van der Waals surface area contributed by atoms with Gasteiger partial charge in [0.2, 0.25) is 10.0 Å². The van der Waals surface area contributed by atoms with Crippen LogP contribution in [0.1, 0.15) is 38.7 Å². The average Bonchev–Trinajstić information content (AvgIpc) is 2.79. The molecule has 31 heavy (non-hydrogen) atoms. The Hall–Kier alpha value is -2.58. The number of hydrogen-bond acceptors (Lipinski definition) is 5. The van der Waals surface area contributed by atoms with Crippen molar-refractivity contribution in [3.05, 3.63) is 48.0 Å². The first kappa shape index (κ1) is 23.1. The van der Waals surface area contributed by atoms with Gasteiger partial charge >= 0.3 is 0 Å². The fourth-order valence-electron chi connectivity index (χ4n) is 3.49. The Morgan fingerprint density at radius 1 is 1.03 bits per heavy atom. The number of rotatable bonds is 9. The summed E-state index contributed by atoms with van der Waals surface area (Å²) in [6.07, 6.45) is 3.63. The number of hydrogen-bond donors (Lipinski definition) is 1. The minimum Gasteiger partial charge on any atom is -0.492 e. The molecule has 1 N–H and O–H groups in total. The number of sulfonamides is 1. The molecule has 2 aromatic rings. The normalized spacial score (nSPS) is 14.8. The smallest absolute Gasteiger partial charge is 0.262 e. The van der Waals surface area contributed by atoms with E-state index >= 15 is 0 Å². The van der Waals surface area contributed by atoms with Crippen molar-refractivity contribution in [2.24, 2.45) is 0 Å². The minimum atomic E-state index is -3.62. The number of amides is 1.